The van der Waals surface area contributed by atoms with E-state index >= 15 is 0 Å². The van der Waals surface area contributed by atoms with Gasteiger partial charge in [0, 0.05) is 21.1 Å². The molecule has 0 spiro atoms. The van der Waals surface area contributed by atoms with Gasteiger partial charge in [-0.15, -0.1) is 0 Å². The zero-order valence-electron chi connectivity index (χ0n) is 10.3. The van der Waals surface area contributed by atoms with Gasteiger partial charge < -0.3 is 9.84 Å². The minimum atomic E-state index is -0.143. The first-order chi connectivity index (χ1) is 8.33. The van der Waals surface area contributed by atoms with E-state index in [1.54, 1.807) is 18.2 Å². The predicted molar refractivity (Wildman–Crippen MR) is 73.1 cm³/mol. The normalized spacial score (nSPS) is 11.6. The molecule has 0 saturated carbocycles. The first kappa shape index (κ1) is 13.2. The Morgan fingerprint density at radius 2 is 1.72 bits per heavy atom. The van der Waals surface area contributed by atoms with Crippen LogP contribution >= 0.6 is 23.2 Å². The molecule has 96 valence electrons. The van der Waals surface area contributed by atoms with Crippen molar-refractivity contribution < 1.29 is 4.52 Å². The third-order valence-electron chi connectivity index (χ3n) is 2.03. The fourth-order valence-electron chi connectivity index (χ4n) is 1.40. The van der Waals surface area contributed by atoms with Crippen molar-refractivity contribution in [1.29, 1.82) is 0 Å². The van der Waals surface area contributed by atoms with Crippen molar-refractivity contribution in [2.75, 3.05) is 5.32 Å². The van der Waals surface area contributed by atoms with E-state index in [9.17, 15) is 0 Å². The molecule has 0 aliphatic heterocycles. The smallest absolute Gasteiger partial charge is 0.322 e. The summed E-state index contributed by atoms with van der Waals surface area (Å²) in [6.07, 6.45) is 0. The van der Waals surface area contributed by atoms with Crippen LogP contribution in [0.2, 0.25) is 10.0 Å². The molecule has 0 amide bonds. The fourth-order valence-corrected chi connectivity index (χ4v) is 1.92. The molecule has 0 saturated heterocycles. The van der Waals surface area contributed by atoms with Crippen molar-refractivity contribution >= 4 is 29.2 Å². The van der Waals surface area contributed by atoms with Crippen LogP contribution in [-0.2, 0) is 0 Å². The SMILES string of the molecule is CC(C)(C)Nc1nc(-c2cc(Cl)cc(Cl)c2)no1. The molecule has 0 fully saturated rings. The Hall–Kier alpha value is -1.26. The van der Waals surface area contributed by atoms with Crippen molar-refractivity contribution in [3.63, 3.8) is 0 Å². The van der Waals surface area contributed by atoms with E-state index < -0.39 is 0 Å². The number of hydrogen-bond donors (Lipinski definition) is 1. The highest BCUT2D eigenvalue weighted by Gasteiger charge is 2.15. The van der Waals surface area contributed by atoms with Crippen molar-refractivity contribution in [2.24, 2.45) is 0 Å². The van der Waals surface area contributed by atoms with Crippen LogP contribution in [0.25, 0.3) is 11.4 Å². The Labute approximate surface area is 115 Å². The quantitative estimate of drug-likeness (QED) is 0.896. The zero-order valence-corrected chi connectivity index (χ0v) is 11.8. The molecular weight excluding hydrogens is 273 g/mol. The minimum absolute atomic E-state index is 0.143. The van der Waals surface area contributed by atoms with Gasteiger partial charge in [-0.3, -0.25) is 0 Å². The Morgan fingerprint density at radius 3 is 2.28 bits per heavy atom. The Kier molecular flexibility index (Phi) is 3.50. The number of aromatic nitrogens is 2. The number of nitrogens with one attached hydrogen (secondary N) is 1. The Bertz CT molecular complexity index is 540. The van der Waals surface area contributed by atoms with E-state index in [0.717, 1.165) is 5.56 Å². The van der Waals surface area contributed by atoms with Crippen LogP contribution in [0, 0.1) is 0 Å². The largest absolute Gasteiger partial charge is 0.333 e. The lowest BCUT2D eigenvalue weighted by Gasteiger charge is -2.17. The van der Waals surface area contributed by atoms with Crippen molar-refractivity contribution in [3.05, 3.63) is 28.2 Å². The summed E-state index contributed by atoms with van der Waals surface area (Å²) in [5.74, 6) is 0.450. The molecule has 0 radical (unpaired) electrons. The van der Waals surface area contributed by atoms with Gasteiger partial charge in [-0.05, 0) is 39.0 Å². The van der Waals surface area contributed by atoms with E-state index in [2.05, 4.69) is 15.5 Å². The van der Waals surface area contributed by atoms with Gasteiger partial charge in [0.1, 0.15) is 0 Å². The molecule has 0 aliphatic carbocycles. The average Bonchev–Trinajstić information content (AvgIpc) is 2.61. The molecule has 2 rings (SSSR count). The molecule has 6 heteroatoms. The first-order valence-corrected chi connectivity index (χ1v) is 6.17. The highest BCUT2D eigenvalue weighted by Crippen LogP contribution is 2.26. The molecule has 1 N–H and O–H groups in total. The fraction of sp³-hybridized carbons (Fsp3) is 0.333. The lowest BCUT2D eigenvalue weighted by molar-refractivity contribution is 0.420. The third kappa shape index (κ3) is 3.37. The van der Waals surface area contributed by atoms with Crippen molar-refractivity contribution in [1.82, 2.24) is 10.1 Å². The van der Waals surface area contributed by atoms with Crippen LogP contribution < -0.4 is 5.32 Å². The number of halogens is 2. The van der Waals surface area contributed by atoms with Crippen LogP contribution in [0.5, 0.6) is 0 Å². The van der Waals surface area contributed by atoms with Crippen molar-refractivity contribution in [3.8, 4) is 11.4 Å². The molecule has 1 aromatic carbocycles. The van der Waals surface area contributed by atoms with Crippen LogP contribution in [0.15, 0.2) is 22.7 Å². The molecule has 4 nitrogen and oxygen atoms in total. The summed E-state index contributed by atoms with van der Waals surface area (Å²) in [5, 5.41) is 8.05. The van der Waals surface area contributed by atoms with Gasteiger partial charge in [-0.25, -0.2) is 0 Å². The topological polar surface area (TPSA) is 51.0 Å². The summed E-state index contributed by atoms with van der Waals surface area (Å²) in [5.41, 5.74) is 0.577. The molecular formula is C12H13Cl2N3O. The van der Waals surface area contributed by atoms with Gasteiger partial charge in [-0.2, -0.15) is 4.98 Å². The molecule has 0 unspecified atom stereocenters. The number of nitrogens with zero attached hydrogens (tertiary/aromatic N) is 2. The summed E-state index contributed by atoms with van der Waals surface area (Å²) in [6, 6.07) is 5.49. The van der Waals surface area contributed by atoms with Crippen molar-refractivity contribution in [2.45, 2.75) is 26.3 Å². The number of anilines is 1. The summed E-state index contributed by atoms with van der Waals surface area (Å²) in [6.45, 7) is 6.02. The lowest BCUT2D eigenvalue weighted by atomic mass is 10.1. The molecule has 0 aliphatic rings. The second kappa shape index (κ2) is 4.78. The highest BCUT2D eigenvalue weighted by atomic mass is 35.5. The second-order valence-corrected chi connectivity index (χ2v) is 5.83. The summed E-state index contributed by atoms with van der Waals surface area (Å²) < 4.78 is 5.12. The number of hydrogen-bond acceptors (Lipinski definition) is 4. The van der Waals surface area contributed by atoms with Crippen LogP contribution in [0.4, 0.5) is 6.01 Å². The average molecular weight is 286 g/mol. The van der Waals surface area contributed by atoms with E-state index in [-0.39, 0.29) is 5.54 Å². The summed E-state index contributed by atoms with van der Waals surface area (Å²) >= 11 is 11.9. The van der Waals surface area contributed by atoms with Gasteiger partial charge in [0.15, 0.2) is 0 Å². The van der Waals surface area contributed by atoms with E-state index in [4.69, 9.17) is 27.7 Å². The van der Waals surface area contributed by atoms with Crippen LogP contribution in [-0.4, -0.2) is 15.7 Å². The van der Waals surface area contributed by atoms with Gasteiger partial charge in [0.2, 0.25) is 5.82 Å². The number of benzene rings is 1. The maximum Gasteiger partial charge on any atom is 0.322 e. The lowest BCUT2D eigenvalue weighted by Crippen LogP contribution is -2.26. The number of rotatable bonds is 2. The summed E-state index contributed by atoms with van der Waals surface area (Å²) in [7, 11) is 0. The first-order valence-electron chi connectivity index (χ1n) is 5.42. The molecule has 18 heavy (non-hydrogen) atoms. The van der Waals surface area contributed by atoms with E-state index in [0.29, 0.717) is 21.9 Å². The highest BCUT2D eigenvalue weighted by molar-refractivity contribution is 6.35. The Balaban J connectivity index is 2.29. The van der Waals surface area contributed by atoms with Gasteiger partial charge >= 0.3 is 6.01 Å². The third-order valence-corrected chi connectivity index (χ3v) is 2.47. The van der Waals surface area contributed by atoms with E-state index in [1.807, 2.05) is 20.8 Å². The summed E-state index contributed by atoms with van der Waals surface area (Å²) in [4.78, 5) is 4.24. The van der Waals surface area contributed by atoms with Gasteiger partial charge in [0.25, 0.3) is 0 Å². The minimum Gasteiger partial charge on any atom is -0.333 e. The predicted octanol–water partition coefficient (Wildman–Crippen LogP) is 4.25. The van der Waals surface area contributed by atoms with Crippen LogP contribution in [0.3, 0.4) is 0 Å². The van der Waals surface area contributed by atoms with Crippen LogP contribution in [0.1, 0.15) is 20.8 Å². The van der Waals surface area contributed by atoms with E-state index in [1.165, 1.54) is 0 Å². The Morgan fingerprint density at radius 1 is 1.11 bits per heavy atom. The standard InChI is InChI=1S/C12H13Cl2N3O/c1-12(2,3)16-11-15-10(17-18-11)7-4-8(13)6-9(14)5-7/h4-6H,1-3H3,(H,15,16,17). The zero-order chi connectivity index (χ0) is 13.3. The maximum absolute atomic E-state index is 5.93. The van der Waals surface area contributed by atoms with Gasteiger partial charge in [-0.1, -0.05) is 28.4 Å². The monoisotopic (exact) mass is 285 g/mol. The second-order valence-electron chi connectivity index (χ2n) is 4.96. The molecule has 2 aromatic rings. The molecule has 1 heterocycles. The molecule has 1 aromatic heterocycles. The maximum atomic E-state index is 5.93. The molecule has 0 atom stereocenters. The molecule has 0 bridgehead atoms. The van der Waals surface area contributed by atoms with Gasteiger partial charge in [0.05, 0.1) is 0 Å².